The zero-order valence-electron chi connectivity index (χ0n) is 68.0. The lowest BCUT2D eigenvalue weighted by Crippen LogP contribution is -2.30. The molecule has 0 aromatic heterocycles. The molecule has 0 aliphatic carbocycles. The molecule has 0 amide bonds. The number of phosphoric acid groups is 2. The molecule has 0 spiro atoms. The second kappa shape index (κ2) is 80.3. The first-order valence-electron chi connectivity index (χ1n) is 42.4. The van der Waals surface area contributed by atoms with E-state index in [4.69, 9.17) is 37.0 Å². The van der Waals surface area contributed by atoms with Crippen LogP contribution in [-0.2, 0) is 65.4 Å². The molecule has 0 saturated heterocycles. The number of esters is 4. The molecule has 0 aliphatic heterocycles. The molecule has 0 saturated carbocycles. The van der Waals surface area contributed by atoms with Gasteiger partial charge in [0.2, 0.25) is 0 Å². The summed E-state index contributed by atoms with van der Waals surface area (Å²) in [7, 11) is -9.99. The Kier molecular flexibility index (Phi) is 76.7. The number of hydrogen-bond acceptors (Lipinski definition) is 15. The van der Waals surface area contributed by atoms with Crippen LogP contribution in [0.5, 0.6) is 0 Å². The molecule has 17 nitrogen and oxygen atoms in total. The topological polar surface area (TPSA) is 237 Å². The summed E-state index contributed by atoms with van der Waals surface area (Å²) >= 11 is 0. The number of carbonyl (C=O) groups excluding carboxylic acids is 4. The van der Waals surface area contributed by atoms with E-state index in [2.05, 4.69) is 143 Å². The second-order valence-corrected chi connectivity index (χ2v) is 30.9. The number of ether oxygens (including phenoxy) is 4. The van der Waals surface area contributed by atoms with E-state index in [0.717, 1.165) is 128 Å². The number of phosphoric ester groups is 2. The van der Waals surface area contributed by atoms with E-state index in [1.807, 2.05) is 18.2 Å². The van der Waals surface area contributed by atoms with Crippen LogP contribution in [0.25, 0.3) is 0 Å². The first-order chi connectivity index (χ1) is 52.7. The van der Waals surface area contributed by atoms with Gasteiger partial charge >= 0.3 is 39.5 Å². The fourth-order valence-electron chi connectivity index (χ4n) is 11.3. The van der Waals surface area contributed by atoms with Crippen molar-refractivity contribution in [2.75, 3.05) is 39.6 Å². The van der Waals surface area contributed by atoms with Crippen molar-refractivity contribution in [3.8, 4) is 0 Å². The van der Waals surface area contributed by atoms with Crippen LogP contribution in [0.2, 0.25) is 0 Å². The number of carbonyl (C=O) groups is 4. The minimum atomic E-state index is -5.01. The Morgan fingerprint density at radius 3 is 0.796 bits per heavy atom. The highest BCUT2D eigenvalue weighted by Gasteiger charge is 2.30. The smallest absolute Gasteiger partial charge is 0.462 e. The summed E-state index contributed by atoms with van der Waals surface area (Å²) in [6, 6.07) is 0. The summed E-state index contributed by atoms with van der Waals surface area (Å²) < 4.78 is 68.7. The van der Waals surface area contributed by atoms with Crippen molar-refractivity contribution in [3.05, 3.63) is 134 Å². The monoisotopic (exact) mass is 1560 g/mol. The van der Waals surface area contributed by atoms with Crippen LogP contribution in [0.3, 0.4) is 0 Å². The highest BCUT2D eigenvalue weighted by molar-refractivity contribution is 7.47. The summed E-state index contributed by atoms with van der Waals surface area (Å²) in [4.78, 5) is 73.2. The number of unbranched alkanes of at least 4 members (excludes halogenated alkanes) is 31. The van der Waals surface area contributed by atoms with Gasteiger partial charge in [-0.1, -0.05) is 348 Å². The summed E-state index contributed by atoms with van der Waals surface area (Å²) in [6.45, 7) is 4.58. The lowest BCUT2D eigenvalue weighted by molar-refractivity contribution is -0.161. The Labute approximate surface area is 656 Å². The first kappa shape index (κ1) is 103. The molecule has 5 atom stereocenters. The largest absolute Gasteiger partial charge is 0.472 e. The Balaban J connectivity index is 5.46. The van der Waals surface area contributed by atoms with Gasteiger partial charge in [0, 0.05) is 25.7 Å². The Bertz CT molecular complexity index is 2560. The standard InChI is InChI=1S/C89H152O17P2/c1-5-9-13-17-21-25-29-33-37-39-41-43-47-50-54-58-62-66-70-74-87(92)100-80-85(106-89(94)76-72-68-64-60-56-52-48-44-42-40-38-34-30-26-22-18-14-10-6-2)82-104-108(97,98)102-78-83(90)77-101-107(95,96)103-81-84(105-88(93)75-71-67-63-59-55-51-46-36-32-28-24-20-16-12-8-4)79-99-86(91)73-69-65-61-57-53-49-45-35-31-27-23-19-15-11-7-3/h9-10,13-14,21-22,25-26,33-34,37-38,41-44,50,52,54,56,62,66,83-85,90H,5-8,11-12,15-20,23-24,27-32,35-36,39-40,45-49,51,53,55,57-61,63-65,67-82H2,1-4H3,(H,95,96)(H,97,98)/b13-9-,14-10-,25-21-,26-22-,37-33-,38-34-,43-41-,44-42-,54-50-,56-52-,66-62-/t83-,84+,85+/m0/s1. The van der Waals surface area contributed by atoms with Crippen LogP contribution < -0.4 is 0 Å². The van der Waals surface area contributed by atoms with Crippen molar-refractivity contribution in [2.24, 2.45) is 0 Å². The van der Waals surface area contributed by atoms with Crippen LogP contribution in [0.15, 0.2) is 134 Å². The zero-order valence-corrected chi connectivity index (χ0v) is 69.8. The minimum absolute atomic E-state index is 0.0255. The maximum Gasteiger partial charge on any atom is 0.472 e. The molecule has 0 aromatic carbocycles. The van der Waals surface area contributed by atoms with Gasteiger partial charge in [-0.3, -0.25) is 37.3 Å². The summed E-state index contributed by atoms with van der Waals surface area (Å²) in [6.07, 6.45) is 91.4. The number of hydrogen-bond donors (Lipinski definition) is 3. The van der Waals surface area contributed by atoms with Gasteiger partial charge in [-0.2, -0.15) is 0 Å². The van der Waals surface area contributed by atoms with Crippen molar-refractivity contribution in [1.82, 2.24) is 0 Å². The van der Waals surface area contributed by atoms with Crippen LogP contribution in [0.4, 0.5) is 0 Å². The van der Waals surface area contributed by atoms with Crippen molar-refractivity contribution in [3.63, 3.8) is 0 Å². The third kappa shape index (κ3) is 79.3. The molecule has 620 valence electrons. The molecule has 0 bridgehead atoms. The van der Waals surface area contributed by atoms with Crippen molar-refractivity contribution in [1.29, 1.82) is 0 Å². The third-order valence-corrected chi connectivity index (χ3v) is 19.6. The normalized spacial score (nSPS) is 14.5. The second-order valence-electron chi connectivity index (χ2n) is 28.0. The fraction of sp³-hybridized carbons (Fsp3) is 0.708. The minimum Gasteiger partial charge on any atom is -0.462 e. The Morgan fingerprint density at radius 1 is 0.269 bits per heavy atom. The van der Waals surface area contributed by atoms with Gasteiger partial charge in [0.25, 0.3) is 0 Å². The highest BCUT2D eigenvalue weighted by atomic mass is 31.2. The average molecular weight is 1560 g/mol. The van der Waals surface area contributed by atoms with Gasteiger partial charge in [0.15, 0.2) is 12.2 Å². The van der Waals surface area contributed by atoms with E-state index in [9.17, 15) is 43.2 Å². The number of rotatable bonds is 79. The Morgan fingerprint density at radius 2 is 0.500 bits per heavy atom. The van der Waals surface area contributed by atoms with Gasteiger partial charge in [-0.25, -0.2) is 9.13 Å². The van der Waals surface area contributed by atoms with E-state index in [1.165, 1.54) is 135 Å². The van der Waals surface area contributed by atoms with E-state index in [1.54, 1.807) is 0 Å². The molecule has 3 N–H and O–H groups in total. The molecule has 0 fully saturated rings. The summed E-state index contributed by atoms with van der Waals surface area (Å²) in [5.74, 6) is -2.29. The van der Waals surface area contributed by atoms with Gasteiger partial charge in [0.05, 0.1) is 26.4 Å². The zero-order chi connectivity index (χ0) is 78.9. The molecule has 0 aliphatic rings. The molecular formula is C89H152O17P2. The Hall–Kier alpha value is -4.80. The lowest BCUT2D eigenvalue weighted by Gasteiger charge is -2.21. The molecule has 0 radical (unpaired) electrons. The third-order valence-electron chi connectivity index (χ3n) is 17.7. The maximum atomic E-state index is 13.1. The van der Waals surface area contributed by atoms with E-state index >= 15 is 0 Å². The van der Waals surface area contributed by atoms with E-state index in [0.29, 0.717) is 32.1 Å². The maximum absolute atomic E-state index is 13.1. The lowest BCUT2D eigenvalue weighted by atomic mass is 10.0. The van der Waals surface area contributed by atoms with Crippen LogP contribution in [0.1, 0.15) is 349 Å². The van der Waals surface area contributed by atoms with E-state index in [-0.39, 0.29) is 25.7 Å². The van der Waals surface area contributed by atoms with Crippen LogP contribution >= 0.6 is 15.6 Å². The number of aliphatic hydroxyl groups is 1. The predicted molar refractivity (Wildman–Crippen MR) is 445 cm³/mol. The predicted octanol–water partition coefficient (Wildman–Crippen LogP) is 25.2. The van der Waals surface area contributed by atoms with Gasteiger partial charge < -0.3 is 33.8 Å². The number of aliphatic hydroxyl groups excluding tert-OH is 1. The molecule has 19 heteroatoms. The molecule has 108 heavy (non-hydrogen) atoms. The molecular weight excluding hydrogens is 1400 g/mol. The first-order valence-corrected chi connectivity index (χ1v) is 45.4. The highest BCUT2D eigenvalue weighted by Crippen LogP contribution is 2.45. The quantitative estimate of drug-likeness (QED) is 0.0169. The molecule has 2 unspecified atom stereocenters. The van der Waals surface area contributed by atoms with Crippen molar-refractivity contribution >= 4 is 39.5 Å². The van der Waals surface area contributed by atoms with Crippen LogP contribution in [-0.4, -0.2) is 96.7 Å². The van der Waals surface area contributed by atoms with Crippen molar-refractivity contribution in [2.45, 2.75) is 367 Å². The summed E-state index contributed by atoms with van der Waals surface area (Å²) in [5.41, 5.74) is 0. The van der Waals surface area contributed by atoms with E-state index < -0.39 is 97.5 Å². The van der Waals surface area contributed by atoms with Gasteiger partial charge in [-0.05, 0) is 109 Å². The van der Waals surface area contributed by atoms with Crippen LogP contribution in [0, 0.1) is 0 Å². The summed E-state index contributed by atoms with van der Waals surface area (Å²) in [5, 5.41) is 10.7. The average Bonchev–Trinajstić information content (AvgIpc) is 0.896. The SMILES string of the molecule is CC/C=C\C/C=C\C/C=C\C/C=C\C/C=C\C/C=C\CCC(=O)OC[C@H](COP(=O)(O)OC[C@@H](O)COP(=O)(O)OC[C@@H](COC(=O)CCCCCCCCCCCCCCCCC)OC(=O)CCCCCCCCCCCCCCCCC)OC(=O)CCCCC/C=C\C/C=C\C/C=C\C/C=C\C/C=C\CC. The molecule has 0 heterocycles. The van der Waals surface area contributed by atoms with Gasteiger partial charge in [0.1, 0.15) is 19.3 Å². The fourth-order valence-corrected chi connectivity index (χ4v) is 12.9. The van der Waals surface area contributed by atoms with Crippen molar-refractivity contribution < 1.29 is 80.2 Å². The number of allylic oxidation sites excluding steroid dienone is 22. The molecule has 0 rings (SSSR count). The molecule has 0 aromatic rings. The van der Waals surface area contributed by atoms with Gasteiger partial charge in [-0.15, -0.1) is 0 Å².